The second-order valence-corrected chi connectivity index (χ2v) is 4.11. The van der Waals surface area contributed by atoms with Crippen molar-refractivity contribution in [2.24, 2.45) is 0 Å². The van der Waals surface area contributed by atoms with Crippen LogP contribution in [0.5, 0.6) is 0 Å². The van der Waals surface area contributed by atoms with E-state index < -0.39 is 11.6 Å². The van der Waals surface area contributed by atoms with Crippen molar-refractivity contribution < 1.29 is 8.78 Å². The Kier molecular flexibility index (Phi) is 2.75. The summed E-state index contributed by atoms with van der Waals surface area (Å²) in [6.07, 6.45) is 1.30. The van der Waals surface area contributed by atoms with E-state index in [0.29, 0.717) is 5.82 Å². The van der Waals surface area contributed by atoms with Crippen LogP contribution in [0.1, 0.15) is 0 Å². The maximum absolute atomic E-state index is 13.1. The van der Waals surface area contributed by atoms with E-state index in [-0.39, 0.29) is 16.6 Å². The maximum Gasteiger partial charge on any atom is 0.255 e. The third-order valence-corrected chi connectivity index (χ3v) is 2.55. The van der Waals surface area contributed by atoms with E-state index in [1.807, 2.05) is 0 Å². The molecule has 3 rings (SSSR count). The van der Waals surface area contributed by atoms with Gasteiger partial charge >= 0.3 is 0 Å². The second-order valence-electron chi connectivity index (χ2n) is 3.72. The smallest absolute Gasteiger partial charge is 0.255 e. The lowest BCUT2D eigenvalue weighted by Gasteiger charge is -2.08. The minimum absolute atomic E-state index is 0.194. The molecule has 1 aromatic carbocycles. The van der Waals surface area contributed by atoms with Crippen molar-refractivity contribution in [3.05, 3.63) is 47.4 Å². The molecule has 0 saturated heterocycles. The molecule has 0 aliphatic carbocycles. The average molecular weight is 282 g/mol. The first kappa shape index (κ1) is 11.8. The molecule has 2 heterocycles. The van der Waals surface area contributed by atoms with Gasteiger partial charge in [-0.2, -0.15) is 19.6 Å². The highest BCUT2D eigenvalue weighted by molar-refractivity contribution is 6.29. The molecule has 0 aliphatic rings. The Hall–Kier alpha value is -2.28. The number of nitrogens with one attached hydrogen (secondary N) is 1. The Bertz CT molecular complexity index is 738. The van der Waals surface area contributed by atoms with E-state index in [0.717, 1.165) is 18.2 Å². The van der Waals surface area contributed by atoms with Gasteiger partial charge in [-0.15, -0.1) is 0 Å². The van der Waals surface area contributed by atoms with Gasteiger partial charge in [0.1, 0.15) is 28.9 Å². The number of fused-ring (bicyclic) bond motifs is 1. The zero-order chi connectivity index (χ0) is 13.4. The molecule has 1 N–H and O–H groups in total. The lowest BCUT2D eigenvalue weighted by Crippen LogP contribution is -2.02. The minimum Gasteiger partial charge on any atom is -0.340 e. The molecule has 0 bridgehead atoms. The molecular weight excluding hydrogens is 276 g/mol. The Morgan fingerprint density at radius 3 is 2.58 bits per heavy atom. The standard InChI is InChI=1S/C11H6ClF2N5/c12-9-4-10(19-11(18-9)15-5-16-19)17-8-2-6(13)1-7(14)3-8/h1-5,17H. The van der Waals surface area contributed by atoms with Gasteiger partial charge < -0.3 is 5.32 Å². The van der Waals surface area contributed by atoms with Crippen molar-refractivity contribution in [1.82, 2.24) is 19.6 Å². The van der Waals surface area contributed by atoms with Crippen LogP contribution in [0.25, 0.3) is 5.78 Å². The molecule has 0 fully saturated rings. The van der Waals surface area contributed by atoms with Crippen LogP contribution < -0.4 is 5.32 Å². The number of benzene rings is 1. The first-order valence-corrected chi connectivity index (χ1v) is 5.59. The van der Waals surface area contributed by atoms with Crippen molar-refractivity contribution in [2.75, 3.05) is 5.32 Å². The molecule has 96 valence electrons. The summed E-state index contributed by atoms with van der Waals surface area (Å²) >= 11 is 5.83. The second kappa shape index (κ2) is 4.43. The molecular formula is C11H6ClF2N5. The number of hydrogen-bond donors (Lipinski definition) is 1. The monoisotopic (exact) mass is 281 g/mol. The van der Waals surface area contributed by atoms with E-state index in [4.69, 9.17) is 11.6 Å². The summed E-state index contributed by atoms with van der Waals surface area (Å²) in [5, 5.41) is 6.94. The zero-order valence-electron chi connectivity index (χ0n) is 9.31. The Labute approximate surface area is 110 Å². The Balaban J connectivity index is 2.07. The van der Waals surface area contributed by atoms with Crippen LogP contribution in [0.3, 0.4) is 0 Å². The van der Waals surface area contributed by atoms with Crippen molar-refractivity contribution in [2.45, 2.75) is 0 Å². The molecule has 0 saturated carbocycles. The van der Waals surface area contributed by atoms with Crippen molar-refractivity contribution >= 4 is 28.9 Å². The van der Waals surface area contributed by atoms with E-state index in [9.17, 15) is 8.78 Å². The van der Waals surface area contributed by atoms with Crippen LogP contribution in [-0.4, -0.2) is 19.6 Å². The van der Waals surface area contributed by atoms with Crippen molar-refractivity contribution in [3.8, 4) is 0 Å². The third-order valence-electron chi connectivity index (χ3n) is 2.36. The predicted molar refractivity (Wildman–Crippen MR) is 65.4 cm³/mol. The fourth-order valence-corrected chi connectivity index (χ4v) is 1.83. The largest absolute Gasteiger partial charge is 0.340 e. The van der Waals surface area contributed by atoms with Crippen molar-refractivity contribution in [3.63, 3.8) is 0 Å². The lowest BCUT2D eigenvalue weighted by atomic mass is 10.3. The molecule has 0 unspecified atom stereocenters. The first-order chi connectivity index (χ1) is 9.11. The number of anilines is 2. The molecule has 0 atom stereocenters. The summed E-state index contributed by atoms with van der Waals surface area (Å²) < 4.78 is 27.6. The van der Waals surface area contributed by atoms with Gasteiger partial charge in [0.25, 0.3) is 5.78 Å². The summed E-state index contributed by atoms with van der Waals surface area (Å²) in [7, 11) is 0. The highest BCUT2D eigenvalue weighted by atomic mass is 35.5. The summed E-state index contributed by atoms with van der Waals surface area (Å²) in [5.74, 6) is -0.681. The van der Waals surface area contributed by atoms with Gasteiger partial charge in [0.2, 0.25) is 0 Å². The van der Waals surface area contributed by atoms with Gasteiger partial charge in [0.15, 0.2) is 0 Å². The third kappa shape index (κ3) is 2.32. The molecule has 0 aliphatic heterocycles. The topological polar surface area (TPSA) is 55.1 Å². The number of hydrogen-bond acceptors (Lipinski definition) is 4. The van der Waals surface area contributed by atoms with E-state index in [1.165, 1.54) is 16.9 Å². The van der Waals surface area contributed by atoms with Gasteiger partial charge in [0, 0.05) is 17.8 Å². The summed E-state index contributed by atoms with van der Waals surface area (Å²) in [4.78, 5) is 7.82. The van der Waals surface area contributed by atoms with Crippen LogP contribution in [0.2, 0.25) is 5.15 Å². The van der Waals surface area contributed by atoms with Gasteiger partial charge in [-0.25, -0.2) is 8.78 Å². The van der Waals surface area contributed by atoms with E-state index in [2.05, 4.69) is 20.4 Å². The van der Waals surface area contributed by atoms with Gasteiger partial charge in [-0.1, -0.05) is 11.6 Å². The predicted octanol–water partition coefficient (Wildman–Crippen LogP) is 2.80. The van der Waals surface area contributed by atoms with Crippen LogP contribution in [-0.2, 0) is 0 Å². The zero-order valence-corrected chi connectivity index (χ0v) is 10.1. The van der Waals surface area contributed by atoms with Gasteiger partial charge in [-0.3, -0.25) is 0 Å². The molecule has 19 heavy (non-hydrogen) atoms. The van der Waals surface area contributed by atoms with E-state index >= 15 is 0 Å². The first-order valence-electron chi connectivity index (χ1n) is 5.21. The number of halogens is 3. The highest BCUT2D eigenvalue weighted by Crippen LogP contribution is 2.21. The van der Waals surface area contributed by atoms with Crippen LogP contribution in [0, 0.1) is 11.6 Å². The summed E-state index contributed by atoms with van der Waals surface area (Å²) in [6.45, 7) is 0. The molecule has 0 amide bonds. The van der Waals surface area contributed by atoms with Crippen LogP contribution >= 0.6 is 11.6 Å². The molecule has 8 heteroatoms. The van der Waals surface area contributed by atoms with Crippen molar-refractivity contribution in [1.29, 1.82) is 0 Å². The molecule has 5 nitrogen and oxygen atoms in total. The molecule has 3 aromatic rings. The summed E-state index contributed by atoms with van der Waals surface area (Å²) in [5.41, 5.74) is 0.233. The average Bonchev–Trinajstić information content (AvgIpc) is 2.75. The molecule has 0 spiro atoms. The fraction of sp³-hybridized carbons (Fsp3) is 0. The number of nitrogens with zero attached hydrogens (tertiary/aromatic N) is 4. The molecule has 2 aromatic heterocycles. The lowest BCUT2D eigenvalue weighted by molar-refractivity contribution is 0.584. The number of aromatic nitrogens is 4. The van der Waals surface area contributed by atoms with E-state index in [1.54, 1.807) is 0 Å². The fourth-order valence-electron chi connectivity index (χ4n) is 1.65. The highest BCUT2D eigenvalue weighted by Gasteiger charge is 2.08. The Morgan fingerprint density at radius 2 is 1.84 bits per heavy atom. The molecule has 0 radical (unpaired) electrons. The van der Waals surface area contributed by atoms with Gasteiger partial charge in [0.05, 0.1) is 0 Å². The quantitative estimate of drug-likeness (QED) is 0.734. The van der Waals surface area contributed by atoms with Gasteiger partial charge in [-0.05, 0) is 12.1 Å². The van der Waals surface area contributed by atoms with Crippen LogP contribution in [0.15, 0.2) is 30.6 Å². The Morgan fingerprint density at radius 1 is 1.11 bits per heavy atom. The number of rotatable bonds is 2. The SMILES string of the molecule is Fc1cc(F)cc(Nc2cc(Cl)nc3ncnn23)c1. The minimum atomic E-state index is -0.683. The van der Waals surface area contributed by atoms with Crippen LogP contribution in [0.4, 0.5) is 20.3 Å². The summed E-state index contributed by atoms with van der Waals surface area (Å²) in [6, 6.07) is 4.57. The normalized spacial score (nSPS) is 10.9. The maximum atomic E-state index is 13.1.